The quantitative estimate of drug-likeness (QED) is 0.877. The Morgan fingerprint density at radius 1 is 1.30 bits per heavy atom. The number of hydrogen-bond donors (Lipinski definition) is 1. The van der Waals surface area contributed by atoms with Crippen molar-refractivity contribution in [1.82, 2.24) is 0 Å². The second-order valence-electron chi connectivity index (χ2n) is 4.89. The predicted molar refractivity (Wildman–Crippen MR) is 81.8 cm³/mol. The van der Waals surface area contributed by atoms with Gasteiger partial charge in [-0.2, -0.15) is 0 Å². The molecule has 0 spiro atoms. The topological polar surface area (TPSA) is 21.3 Å². The van der Waals surface area contributed by atoms with Gasteiger partial charge in [0.05, 0.1) is 13.2 Å². The number of benzene rings is 2. The first-order chi connectivity index (χ1) is 9.69. The van der Waals surface area contributed by atoms with Gasteiger partial charge in [0, 0.05) is 16.2 Å². The molecular weight excluding hydrogens is 321 g/mol. The van der Waals surface area contributed by atoms with Crippen LogP contribution in [0.15, 0.2) is 40.9 Å². The summed E-state index contributed by atoms with van der Waals surface area (Å²) in [6.07, 6.45) is 2.09. The lowest BCUT2D eigenvalue weighted by Crippen LogP contribution is -2.07. The van der Waals surface area contributed by atoms with Gasteiger partial charge >= 0.3 is 0 Å². The highest BCUT2D eigenvalue weighted by molar-refractivity contribution is 9.10. The first-order valence-electron chi connectivity index (χ1n) is 6.56. The van der Waals surface area contributed by atoms with Gasteiger partial charge < -0.3 is 10.1 Å². The second-order valence-corrected chi connectivity index (χ2v) is 5.75. The molecule has 1 atom stereocenters. The molecule has 0 saturated heterocycles. The highest BCUT2D eigenvalue weighted by Gasteiger charge is 2.23. The van der Waals surface area contributed by atoms with Crippen LogP contribution in [0.4, 0.5) is 10.1 Å². The molecule has 0 heterocycles. The zero-order valence-electron chi connectivity index (χ0n) is 11.1. The molecule has 1 aliphatic carbocycles. The standard InChI is InChI=1S/C16H15BrFNO/c1-20-16-9-10(5-7-14(16)18)19-15-8-6-11-12(15)3-2-4-13(11)17/h2-5,7,9,15,19H,6,8H2,1H3. The normalized spacial score (nSPS) is 16.9. The number of rotatable bonds is 3. The molecule has 0 saturated carbocycles. The van der Waals surface area contributed by atoms with Crippen molar-refractivity contribution in [2.45, 2.75) is 18.9 Å². The number of halogens is 2. The third-order valence-electron chi connectivity index (χ3n) is 3.71. The zero-order valence-corrected chi connectivity index (χ0v) is 12.7. The number of hydrogen-bond acceptors (Lipinski definition) is 2. The van der Waals surface area contributed by atoms with Gasteiger partial charge in [-0.1, -0.05) is 28.1 Å². The van der Waals surface area contributed by atoms with Crippen LogP contribution in [0.1, 0.15) is 23.6 Å². The largest absolute Gasteiger partial charge is 0.494 e. The number of ether oxygens (including phenoxy) is 1. The number of nitrogens with one attached hydrogen (secondary N) is 1. The summed E-state index contributed by atoms with van der Waals surface area (Å²) in [4.78, 5) is 0. The molecule has 0 aliphatic heterocycles. The van der Waals surface area contributed by atoms with Gasteiger partial charge in [0.15, 0.2) is 11.6 Å². The summed E-state index contributed by atoms with van der Waals surface area (Å²) in [6.45, 7) is 0. The third-order valence-corrected chi connectivity index (χ3v) is 4.45. The molecule has 0 radical (unpaired) electrons. The van der Waals surface area contributed by atoms with E-state index < -0.39 is 0 Å². The minimum atomic E-state index is -0.340. The first kappa shape index (κ1) is 13.4. The Balaban J connectivity index is 1.86. The Bertz CT molecular complexity index is 644. The van der Waals surface area contributed by atoms with Gasteiger partial charge in [0.25, 0.3) is 0 Å². The van der Waals surface area contributed by atoms with Crippen LogP contribution in [0.25, 0.3) is 0 Å². The maximum absolute atomic E-state index is 13.4. The van der Waals surface area contributed by atoms with Gasteiger partial charge in [0.2, 0.25) is 0 Å². The number of anilines is 1. The fourth-order valence-corrected chi connectivity index (χ4v) is 3.29. The summed E-state index contributed by atoms with van der Waals surface area (Å²) in [6, 6.07) is 11.4. The van der Waals surface area contributed by atoms with Crippen molar-refractivity contribution >= 4 is 21.6 Å². The molecule has 3 rings (SSSR count). The third kappa shape index (κ3) is 2.40. The molecule has 4 heteroatoms. The number of fused-ring (bicyclic) bond motifs is 1. The van der Waals surface area contributed by atoms with Gasteiger partial charge in [-0.05, 0) is 42.2 Å². The smallest absolute Gasteiger partial charge is 0.165 e. The molecule has 1 unspecified atom stereocenters. The van der Waals surface area contributed by atoms with Gasteiger partial charge in [-0.15, -0.1) is 0 Å². The first-order valence-corrected chi connectivity index (χ1v) is 7.35. The van der Waals surface area contributed by atoms with Crippen LogP contribution >= 0.6 is 15.9 Å². The predicted octanol–water partition coefficient (Wildman–Crippen LogP) is 4.70. The van der Waals surface area contributed by atoms with Gasteiger partial charge in [0.1, 0.15) is 0 Å². The van der Waals surface area contributed by atoms with Crippen molar-refractivity contribution in [3.63, 3.8) is 0 Å². The zero-order chi connectivity index (χ0) is 14.1. The minimum absolute atomic E-state index is 0.262. The monoisotopic (exact) mass is 335 g/mol. The van der Waals surface area contributed by atoms with Crippen molar-refractivity contribution in [2.75, 3.05) is 12.4 Å². The molecule has 1 N–H and O–H groups in total. The van der Waals surface area contributed by atoms with Crippen LogP contribution in [0.3, 0.4) is 0 Å². The van der Waals surface area contributed by atoms with E-state index in [0.717, 1.165) is 23.0 Å². The second kappa shape index (κ2) is 5.44. The molecule has 0 fully saturated rings. The Labute approximate surface area is 126 Å². The van der Waals surface area contributed by atoms with E-state index in [4.69, 9.17) is 4.74 Å². The molecule has 2 aromatic rings. The Kier molecular flexibility index (Phi) is 3.66. The Hall–Kier alpha value is -1.55. The SMILES string of the molecule is COc1cc(NC2CCc3c(Br)cccc32)ccc1F. The molecular formula is C16H15BrFNO. The summed E-state index contributed by atoms with van der Waals surface area (Å²) < 4.78 is 19.6. The molecule has 2 aromatic carbocycles. The van der Waals surface area contributed by atoms with Crippen LogP contribution in [0.5, 0.6) is 5.75 Å². The van der Waals surface area contributed by atoms with E-state index in [-0.39, 0.29) is 17.6 Å². The van der Waals surface area contributed by atoms with Gasteiger partial charge in [-0.25, -0.2) is 4.39 Å². The fourth-order valence-electron chi connectivity index (χ4n) is 2.71. The van der Waals surface area contributed by atoms with E-state index in [2.05, 4.69) is 33.4 Å². The number of methoxy groups -OCH3 is 1. The van der Waals surface area contributed by atoms with Crippen LogP contribution < -0.4 is 10.1 Å². The summed E-state index contributed by atoms with van der Waals surface area (Å²) in [7, 11) is 1.48. The van der Waals surface area contributed by atoms with E-state index in [1.807, 2.05) is 6.07 Å². The highest BCUT2D eigenvalue weighted by Crippen LogP contribution is 2.38. The molecule has 104 valence electrons. The molecule has 2 nitrogen and oxygen atoms in total. The molecule has 20 heavy (non-hydrogen) atoms. The van der Waals surface area contributed by atoms with Crippen LogP contribution in [0.2, 0.25) is 0 Å². The lowest BCUT2D eigenvalue weighted by Gasteiger charge is -2.16. The van der Waals surface area contributed by atoms with E-state index >= 15 is 0 Å². The average Bonchev–Trinajstić information content (AvgIpc) is 2.86. The van der Waals surface area contributed by atoms with Crippen molar-refractivity contribution in [2.24, 2.45) is 0 Å². The molecule has 0 bridgehead atoms. The fraction of sp³-hybridized carbons (Fsp3) is 0.250. The van der Waals surface area contributed by atoms with Gasteiger partial charge in [-0.3, -0.25) is 0 Å². The van der Waals surface area contributed by atoms with Crippen LogP contribution in [-0.2, 0) is 6.42 Å². The summed E-state index contributed by atoms with van der Waals surface area (Å²) in [5.74, 6) is -0.0740. The lowest BCUT2D eigenvalue weighted by molar-refractivity contribution is 0.386. The Morgan fingerprint density at radius 3 is 2.95 bits per heavy atom. The van der Waals surface area contributed by atoms with Crippen molar-refractivity contribution in [3.05, 3.63) is 57.8 Å². The summed E-state index contributed by atoms with van der Waals surface area (Å²) in [5, 5.41) is 3.46. The summed E-state index contributed by atoms with van der Waals surface area (Å²) in [5.41, 5.74) is 3.54. The van der Waals surface area contributed by atoms with Crippen molar-refractivity contribution < 1.29 is 9.13 Å². The maximum Gasteiger partial charge on any atom is 0.165 e. The Morgan fingerprint density at radius 2 is 2.15 bits per heavy atom. The average molecular weight is 336 g/mol. The molecule has 0 amide bonds. The van der Waals surface area contributed by atoms with Crippen molar-refractivity contribution in [1.29, 1.82) is 0 Å². The maximum atomic E-state index is 13.4. The summed E-state index contributed by atoms with van der Waals surface area (Å²) >= 11 is 3.60. The molecule has 0 aromatic heterocycles. The van der Waals surface area contributed by atoms with E-state index in [1.54, 1.807) is 12.1 Å². The van der Waals surface area contributed by atoms with E-state index in [1.165, 1.54) is 24.3 Å². The van der Waals surface area contributed by atoms with E-state index in [9.17, 15) is 4.39 Å². The van der Waals surface area contributed by atoms with Crippen molar-refractivity contribution in [3.8, 4) is 5.75 Å². The lowest BCUT2D eigenvalue weighted by atomic mass is 10.1. The van der Waals surface area contributed by atoms with Crippen LogP contribution in [0, 0.1) is 5.82 Å². The van der Waals surface area contributed by atoms with Crippen LogP contribution in [-0.4, -0.2) is 7.11 Å². The van der Waals surface area contributed by atoms with E-state index in [0.29, 0.717) is 0 Å². The minimum Gasteiger partial charge on any atom is -0.494 e. The highest BCUT2D eigenvalue weighted by atomic mass is 79.9. The molecule has 1 aliphatic rings.